The monoisotopic (exact) mass is 460 g/mol. The molecule has 0 radical (unpaired) electrons. The number of likely N-dealkylation sites (N-methyl/N-ethyl adjacent to an activating group) is 1. The second-order valence-corrected chi connectivity index (χ2v) is 9.24. The number of esters is 1. The van der Waals surface area contributed by atoms with Gasteiger partial charge < -0.3 is 14.5 Å². The second-order valence-electron chi connectivity index (χ2n) is 9.24. The van der Waals surface area contributed by atoms with Crippen LogP contribution in [0.25, 0.3) is 0 Å². The number of imide groups is 1. The normalized spacial score (nSPS) is 29.1. The van der Waals surface area contributed by atoms with Gasteiger partial charge in [-0.2, -0.15) is 0 Å². The van der Waals surface area contributed by atoms with Crippen LogP contribution < -0.4 is 0 Å². The highest BCUT2D eigenvalue weighted by molar-refractivity contribution is 6.11. The molecule has 2 aromatic rings. The third-order valence-electron chi connectivity index (χ3n) is 7.38. The van der Waals surface area contributed by atoms with Crippen molar-refractivity contribution in [3.05, 3.63) is 71.8 Å². The molecule has 8 heteroatoms. The van der Waals surface area contributed by atoms with Gasteiger partial charge in [-0.05, 0) is 11.1 Å². The fourth-order valence-corrected chi connectivity index (χ4v) is 5.92. The minimum atomic E-state index is -1.37. The van der Waals surface area contributed by atoms with E-state index in [0.717, 1.165) is 11.1 Å². The van der Waals surface area contributed by atoms with Crippen molar-refractivity contribution in [3.8, 4) is 0 Å². The lowest BCUT2D eigenvalue weighted by atomic mass is 9.76. The topological polar surface area (TPSA) is 82.5 Å². The fourth-order valence-electron chi connectivity index (χ4n) is 5.92. The van der Waals surface area contributed by atoms with E-state index in [1.165, 1.54) is 19.1 Å². The Morgan fingerprint density at radius 3 is 2.24 bits per heavy atom. The number of carbonyl (C=O) groups is 3. The molecule has 34 heavy (non-hydrogen) atoms. The van der Waals surface area contributed by atoms with E-state index in [-0.39, 0.29) is 24.3 Å². The molecule has 2 aromatic carbocycles. The van der Waals surface area contributed by atoms with E-state index in [4.69, 9.17) is 9.73 Å². The number of benzene rings is 2. The fraction of sp³-hybridized carbons (Fsp3) is 0.385. The molecule has 0 spiro atoms. The number of methoxy groups -OCH3 is 1. The van der Waals surface area contributed by atoms with E-state index in [2.05, 4.69) is 0 Å². The zero-order valence-corrected chi connectivity index (χ0v) is 19.5. The number of guanidine groups is 1. The van der Waals surface area contributed by atoms with Gasteiger partial charge in [0.15, 0.2) is 11.5 Å². The van der Waals surface area contributed by atoms with E-state index in [9.17, 15) is 14.4 Å². The molecule has 3 fully saturated rings. The predicted molar refractivity (Wildman–Crippen MR) is 125 cm³/mol. The van der Waals surface area contributed by atoms with Crippen LogP contribution in [0, 0.1) is 11.8 Å². The summed E-state index contributed by atoms with van der Waals surface area (Å²) in [5.74, 6) is -1.97. The maximum absolute atomic E-state index is 13.7. The lowest BCUT2D eigenvalue weighted by molar-refractivity contribution is -0.158. The van der Waals surface area contributed by atoms with Crippen molar-refractivity contribution in [2.45, 2.75) is 24.5 Å². The third-order valence-corrected chi connectivity index (χ3v) is 7.38. The molecule has 5 rings (SSSR count). The lowest BCUT2D eigenvalue weighted by Crippen LogP contribution is -2.61. The first kappa shape index (κ1) is 22.1. The highest BCUT2D eigenvalue weighted by atomic mass is 16.5. The van der Waals surface area contributed by atoms with Crippen molar-refractivity contribution in [1.29, 1.82) is 0 Å². The number of fused-ring (bicyclic) bond motifs is 3. The van der Waals surface area contributed by atoms with Gasteiger partial charge in [0, 0.05) is 27.1 Å². The van der Waals surface area contributed by atoms with Crippen LogP contribution in [0.1, 0.15) is 11.1 Å². The van der Waals surface area contributed by atoms with Crippen molar-refractivity contribution in [2.24, 2.45) is 16.8 Å². The van der Waals surface area contributed by atoms with Gasteiger partial charge in [0.2, 0.25) is 11.8 Å². The third kappa shape index (κ3) is 3.12. The van der Waals surface area contributed by atoms with Crippen molar-refractivity contribution < 1.29 is 19.1 Å². The average Bonchev–Trinajstić information content (AvgIpc) is 3.41. The number of aliphatic imine (C=N–C) groups is 1. The van der Waals surface area contributed by atoms with E-state index in [0.29, 0.717) is 19.0 Å². The number of likely N-dealkylation sites (tertiary alicyclic amines) is 1. The standard InChI is InChI=1S/C26H28N4O4/c1-28-16-19-20-21(23(32)29(2)22(20)31)26(24(33)34-3,14-17-10-6-4-7-11-17)30(19)25(28)27-15-18-12-8-5-9-13-18/h4-13,19-21H,14-16H2,1-3H3/t19-,20+,21-,26-/m1/s1. The van der Waals surface area contributed by atoms with Crippen LogP contribution in [0.15, 0.2) is 65.7 Å². The zero-order valence-electron chi connectivity index (χ0n) is 19.5. The molecule has 4 atom stereocenters. The van der Waals surface area contributed by atoms with Crippen LogP contribution >= 0.6 is 0 Å². The Morgan fingerprint density at radius 1 is 1.00 bits per heavy atom. The zero-order chi connectivity index (χ0) is 24.0. The maximum Gasteiger partial charge on any atom is 0.333 e. The van der Waals surface area contributed by atoms with Gasteiger partial charge in [0.05, 0.1) is 31.5 Å². The minimum Gasteiger partial charge on any atom is -0.467 e. The summed E-state index contributed by atoms with van der Waals surface area (Å²) in [7, 11) is 4.75. The van der Waals surface area contributed by atoms with Gasteiger partial charge in [0.1, 0.15) is 0 Å². The van der Waals surface area contributed by atoms with Gasteiger partial charge in [0.25, 0.3) is 0 Å². The molecule has 0 aliphatic carbocycles. The van der Waals surface area contributed by atoms with Crippen LogP contribution in [-0.2, 0) is 32.1 Å². The Balaban J connectivity index is 1.67. The first-order valence-electron chi connectivity index (χ1n) is 11.4. The highest BCUT2D eigenvalue weighted by Crippen LogP contribution is 2.53. The summed E-state index contributed by atoms with van der Waals surface area (Å²) < 4.78 is 5.36. The summed E-state index contributed by atoms with van der Waals surface area (Å²) in [5, 5.41) is 0. The molecule has 2 amide bonds. The van der Waals surface area contributed by atoms with Gasteiger partial charge in [-0.15, -0.1) is 0 Å². The molecule has 8 nitrogen and oxygen atoms in total. The van der Waals surface area contributed by atoms with E-state index in [1.54, 1.807) is 0 Å². The van der Waals surface area contributed by atoms with Crippen molar-refractivity contribution in [3.63, 3.8) is 0 Å². The lowest BCUT2D eigenvalue weighted by Gasteiger charge is -2.40. The summed E-state index contributed by atoms with van der Waals surface area (Å²) in [6, 6.07) is 19.1. The van der Waals surface area contributed by atoms with Crippen LogP contribution in [0.3, 0.4) is 0 Å². The van der Waals surface area contributed by atoms with Crippen LogP contribution in [0.4, 0.5) is 0 Å². The van der Waals surface area contributed by atoms with Crippen molar-refractivity contribution in [2.75, 3.05) is 27.7 Å². The predicted octanol–water partition coefficient (Wildman–Crippen LogP) is 1.56. The molecule has 0 N–H and O–H groups in total. The first-order valence-corrected chi connectivity index (χ1v) is 11.4. The van der Waals surface area contributed by atoms with Gasteiger partial charge >= 0.3 is 5.97 Å². The summed E-state index contributed by atoms with van der Waals surface area (Å²) in [5.41, 5.74) is 0.548. The molecule has 0 saturated carbocycles. The molecule has 176 valence electrons. The molecule has 0 aromatic heterocycles. The SMILES string of the molecule is COC(=O)[C@@]1(Cc2ccccc2)[C@H]2C(=O)N(C)C(=O)[C@H]2[C@H]2CN(C)C(=NCc3ccccc3)N21. The Labute approximate surface area is 198 Å². The summed E-state index contributed by atoms with van der Waals surface area (Å²) in [6.45, 7) is 0.915. The Bertz CT molecular complexity index is 1150. The Hall–Kier alpha value is -3.68. The summed E-state index contributed by atoms with van der Waals surface area (Å²) >= 11 is 0. The van der Waals surface area contributed by atoms with Crippen LogP contribution in [0.5, 0.6) is 0 Å². The number of carbonyl (C=O) groups excluding carboxylic acids is 3. The molecular formula is C26H28N4O4. The number of rotatable bonds is 5. The largest absolute Gasteiger partial charge is 0.467 e. The highest BCUT2D eigenvalue weighted by Gasteiger charge is 2.74. The first-order chi connectivity index (χ1) is 16.4. The molecule has 3 heterocycles. The quantitative estimate of drug-likeness (QED) is 0.498. The molecular weight excluding hydrogens is 432 g/mol. The van der Waals surface area contributed by atoms with E-state index in [1.807, 2.05) is 77.5 Å². The number of hydrogen-bond donors (Lipinski definition) is 0. The van der Waals surface area contributed by atoms with Crippen LogP contribution in [0.2, 0.25) is 0 Å². The Kier molecular flexibility index (Phi) is 5.38. The molecule has 0 bridgehead atoms. The van der Waals surface area contributed by atoms with E-state index >= 15 is 0 Å². The van der Waals surface area contributed by atoms with E-state index < -0.39 is 23.3 Å². The molecule has 3 aliphatic rings. The Morgan fingerprint density at radius 2 is 1.62 bits per heavy atom. The van der Waals surface area contributed by atoms with Crippen molar-refractivity contribution in [1.82, 2.24) is 14.7 Å². The summed E-state index contributed by atoms with van der Waals surface area (Å²) in [4.78, 5) is 50.3. The van der Waals surface area contributed by atoms with Gasteiger partial charge in [-0.25, -0.2) is 9.79 Å². The van der Waals surface area contributed by atoms with Crippen molar-refractivity contribution >= 4 is 23.7 Å². The van der Waals surface area contributed by atoms with Crippen LogP contribution in [-0.4, -0.2) is 77.8 Å². The molecule has 3 aliphatic heterocycles. The van der Waals surface area contributed by atoms with Gasteiger partial charge in [-0.3, -0.25) is 14.5 Å². The molecule has 0 unspecified atom stereocenters. The smallest absolute Gasteiger partial charge is 0.333 e. The minimum absolute atomic E-state index is 0.239. The average molecular weight is 461 g/mol. The molecule has 3 saturated heterocycles. The second kappa shape index (κ2) is 8.27. The number of hydrogen-bond acceptors (Lipinski definition) is 5. The summed E-state index contributed by atoms with van der Waals surface area (Å²) in [6.07, 6.45) is 0.239. The van der Waals surface area contributed by atoms with Gasteiger partial charge in [-0.1, -0.05) is 60.7 Å². The number of ether oxygens (including phenoxy) is 1. The number of nitrogens with zero attached hydrogens (tertiary/aromatic N) is 4. The number of amides is 2. The maximum atomic E-state index is 13.7.